The Morgan fingerprint density at radius 2 is 2.05 bits per heavy atom. The topological polar surface area (TPSA) is 59.0 Å². The molecule has 0 bridgehead atoms. The van der Waals surface area contributed by atoms with Crippen molar-refractivity contribution in [2.24, 2.45) is 0 Å². The van der Waals surface area contributed by atoms with Crippen LogP contribution in [0.3, 0.4) is 0 Å². The molecule has 0 radical (unpaired) electrons. The van der Waals surface area contributed by atoms with Crippen molar-refractivity contribution in [1.29, 1.82) is 0 Å². The molecule has 3 fully saturated rings. The van der Waals surface area contributed by atoms with Gasteiger partial charge in [0.15, 0.2) is 0 Å². The van der Waals surface area contributed by atoms with Gasteiger partial charge in [-0.3, -0.25) is 4.90 Å². The summed E-state index contributed by atoms with van der Waals surface area (Å²) in [7, 11) is 0. The van der Waals surface area contributed by atoms with Crippen molar-refractivity contribution in [1.82, 2.24) is 4.90 Å². The molecule has 2 heterocycles. The van der Waals surface area contributed by atoms with E-state index in [2.05, 4.69) is 4.90 Å². The van der Waals surface area contributed by atoms with Crippen LogP contribution in [0.2, 0.25) is 0 Å². The van der Waals surface area contributed by atoms with Crippen LogP contribution >= 0.6 is 0 Å². The maximum absolute atomic E-state index is 10.6. The van der Waals surface area contributed by atoms with Crippen LogP contribution in [0.15, 0.2) is 0 Å². The first kappa shape index (κ1) is 15.3. The Morgan fingerprint density at radius 3 is 2.71 bits per heavy atom. The minimum absolute atomic E-state index is 0.134. The maximum Gasteiger partial charge on any atom is 0.329 e. The lowest BCUT2D eigenvalue weighted by Gasteiger charge is -2.54. The average molecular weight is 297 g/mol. The average Bonchev–Trinajstić information content (AvgIpc) is 2.43. The third kappa shape index (κ3) is 3.41. The fourth-order valence-corrected chi connectivity index (χ4v) is 4.26. The SMILES string of the molecule is CC1(OCC(=O)O)CN(C2CCOC3(CCCCC3)C2)C1. The van der Waals surface area contributed by atoms with Gasteiger partial charge < -0.3 is 14.6 Å². The molecule has 1 aliphatic carbocycles. The molecule has 1 atom stereocenters. The van der Waals surface area contributed by atoms with Crippen LogP contribution in [0, 0.1) is 0 Å². The van der Waals surface area contributed by atoms with Gasteiger partial charge in [-0.15, -0.1) is 0 Å². The lowest BCUT2D eigenvalue weighted by atomic mass is 9.77. The van der Waals surface area contributed by atoms with Crippen molar-refractivity contribution in [3.05, 3.63) is 0 Å². The minimum atomic E-state index is -0.887. The summed E-state index contributed by atoms with van der Waals surface area (Å²) < 4.78 is 11.7. The molecule has 2 saturated heterocycles. The number of likely N-dealkylation sites (tertiary alicyclic amines) is 1. The third-order valence-corrected chi connectivity index (χ3v) is 5.37. The van der Waals surface area contributed by atoms with Gasteiger partial charge in [0.25, 0.3) is 0 Å². The Hall–Kier alpha value is -0.650. The summed E-state index contributed by atoms with van der Waals surface area (Å²) in [5.41, 5.74) is -0.147. The maximum atomic E-state index is 10.6. The van der Waals surface area contributed by atoms with Gasteiger partial charge in [0, 0.05) is 25.7 Å². The molecule has 120 valence electrons. The van der Waals surface area contributed by atoms with Gasteiger partial charge in [-0.2, -0.15) is 0 Å². The second-order valence-corrected chi connectivity index (χ2v) is 7.28. The summed E-state index contributed by atoms with van der Waals surface area (Å²) in [4.78, 5) is 13.1. The molecular formula is C16H27NO4. The molecule has 0 aromatic rings. The molecule has 3 rings (SSSR count). The quantitative estimate of drug-likeness (QED) is 0.860. The molecule has 3 aliphatic rings. The fraction of sp³-hybridized carbons (Fsp3) is 0.938. The molecule has 5 nitrogen and oxygen atoms in total. The van der Waals surface area contributed by atoms with E-state index in [1.165, 1.54) is 32.1 Å². The van der Waals surface area contributed by atoms with Crippen LogP contribution in [-0.4, -0.2) is 59.5 Å². The van der Waals surface area contributed by atoms with Crippen LogP contribution < -0.4 is 0 Å². The zero-order valence-corrected chi connectivity index (χ0v) is 13.0. The Labute approximate surface area is 126 Å². The lowest BCUT2D eigenvalue weighted by Crippen LogP contribution is -2.66. The summed E-state index contributed by atoms with van der Waals surface area (Å²) >= 11 is 0. The summed E-state index contributed by atoms with van der Waals surface area (Å²) in [5.74, 6) is -0.887. The first-order chi connectivity index (χ1) is 10.0. The first-order valence-electron chi connectivity index (χ1n) is 8.24. The van der Waals surface area contributed by atoms with Crippen LogP contribution in [0.1, 0.15) is 51.9 Å². The van der Waals surface area contributed by atoms with E-state index < -0.39 is 5.97 Å². The van der Waals surface area contributed by atoms with Crippen LogP contribution in [0.5, 0.6) is 0 Å². The van der Waals surface area contributed by atoms with E-state index in [1.54, 1.807) is 0 Å². The Balaban J connectivity index is 1.51. The lowest BCUT2D eigenvalue weighted by molar-refractivity contribution is -0.187. The molecule has 0 amide bonds. The Morgan fingerprint density at radius 1 is 1.33 bits per heavy atom. The van der Waals surface area contributed by atoms with Crippen molar-refractivity contribution in [3.8, 4) is 0 Å². The zero-order chi connectivity index (χ0) is 14.9. The zero-order valence-electron chi connectivity index (χ0n) is 13.0. The van der Waals surface area contributed by atoms with Crippen molar-refractivity contribution in [2.75, 3.05) is 26.3 Å². The molecule has 21 heavy (non-hydrogen) atoms. The molecular weight excluding hydrogens is 270 g/mol. The number of carboxylic acid groups (broad SMARTS) is 1. The van der Waals surface area contributed by atoms with Gasteiger partial charge in [-0.1, -0.05) is 19.3 Å². The highest BCUT2D eigenvalue weighted by Crippen LogP contribution is 2.41. The van der Waals surface area contributed by atoms with E-state index in [9.17, 15) is 4.79 Å². The number of carboxylic acids is 1. The number of nitrogens with zero attached hydrogens (tertiary/aromatic N) is 1. The molecule has 5 heteroatoms. The van der Waals surface area contributed by atoms with E-state index in [0.29, 0.717) is 6.04 Å². The largest absolute Gasteiger partial charge is 0.480 e. The van der Waals surface area contributed by atoms with Gasteiger partial charge >= 0.3 is 5.97 Å². The van der Waals surface area contributed by atoms with E-state index in [0.717, 1.165) is 32.5 Å². The van der Waals surface area contributed by atoms with Gasteiger partial charge in [0.05, 0.1) is 11.2 Å². The highest BCUT2D eigenvalue weighted by molar-refractivity contribution is 5.68. The van der Waals surface area contributed by atoms with Crippen LogP contribution in [0.4, 0.5) is 0 Å². The number of ether oxygens (including phenoxy) is 2. The van der Waals surface area contributed by atoms with E-state index in [1.807, 2.05) is 6.92 Å². The van der Waals surface area contributed by atoms with Gasteiger partial charge in [-0.05, 0) is 32.6 Å². The second kappa shape index (κ2) is 5.86. The molecule has 0 aromatic carbocycles. The molecule has 1 spiro atoms. The van der Waals surface area contributed by atoms with Gasteiger partial charge in [-0.25, -0.2) is 4.79 Å². The third-order valence-electron chi connectivity index (χ3n) is 5.37. The van der Waals surface area contributed by atoms with Gasteiger partial charge in [0.1, 0.15) is 6.61 Å². The normalized spacial score (nSPS) is 31.8. The van der Waals surface area contributed by atoms with Crippen molar-refractivity contribution >= 4 is 5.97 Å². The standard InChI is InChI=1S/C16H27NO4/c1-15(21-10-14(18)19)11-17(12-15)13-5-8-20-16(9-13)6-3-2-4-7-16/h13H,2-12H2,1H3,(H,18,19). The molecule has 0 aromatic heterocycles. The van der Waals surface area contributed by atoms with Gasteiger partial charge in [0.2, 0.25) is 0 Å². The summed E-state index contributed by atoms with van der Waals surface area (Å²) in [6.45, 7) is 4.39. The smallest absolute Gasteiger partial charge is 0.329 e. The van der Waals surface area contributed by atoms with Crippen molar-refractivity contribution in [2.45, 2.75) is 69.1 Å². The number of rotatable bonds is 4. The number of hydrogen-bond acceptors (Lipinski definition) is 4. The fourth-order valence-electron chi connectivity index (χ4n) is 4.26. The first-order valence-corrected chi connectivity index (χ1v) is 8.24. The summed E-state index contributed by atoms with van der Waals surface area (Å²) in [6, 6.07) is 0.582. The summed E-state index contributed by atoms with van der Waals surface area (Å²) in [5, 5.41) is 8.72. The van der Waals surface area contributed by atoms with Crippen molar-refractivity contribution in [3.63, 3.8) is 0 Å². The summed E-state index contributed by atoms with van der Waals surface area (Å²) in [6.07, 6.45) is 8.60. The number of hydrogen-bond donors (Lipinski definition) is 1. The second-order valence-electron chi connectivity index (χ2n) is 7.28. The molecule has 1 N–H and O–H groups in total. The monoisotopic (exact) mass is 297 g/mol. The Kier molecular flexibility index (Phi) is 4.26. The minimum Gasteiger partial charge on any atom is -0.480 e. The van der Waals surface area contributed by atoms with E-state index in [4.69, 9.17) is 14.6 Å². The van der Waals surface area contributed by atoms with E-state index >= 15 is 0 Å². The van der Waals surface area contributed by atoms with Crippen molar-refractivity contribution < 1.29 is 19.4 Å². The van der Waals surface area contributed by atoms with Crippen LogP contribution in [-0.2, 0) is 14.3 Å². The number of carbonyl (C=O) groups is 1. The molecule has 2 aliphatic heterocycles. The highest BCUT2D eigenvalue weighted by Gasteiger charge is 2.47. The molecule has 1 unspecified atom stereocenters. The highest BCUT2D eigenvalue weighted by atomic mass is 16.5. The number of aliphatic carboxylic acids is 1. The van der Waals surface area contributed by atoms with E-state index in [-0.39, 0.29) is 17.8 Å². The predicted molar refractivity (Wildman–Crippen MR) is 78.4 cm³/mol. The van der Waals surface area contributed by atoms with Crippen LogP contribution in [0.25, 0.3) is 0 Å². The molecule has 1 saturated carbocycles. The predicted octanol–water partition coefficient (Wildman–Crippen LogP) is 2.04. The Bertz CT molecular complexity index is 380.